The van der Waals surface area contributed by atoms with E-state index in [1.165, 1.54) is 24.3 Å². The summed E-state index contributed by atoms with van der Waals surface area (Å²) in [5.74, 6) is -1.63. The number of carboxylic acids is 1. The number of benzene rings is 2. The van der Waals surface area contributed by atoms with Crippen molar-refractivity contribution in [1.29, 1.82) is 0 Å². The summed E-state index contributed by atoms with van der Waals surface area (Å²) >= 11 is 0. The minimum Gasteiger partial charge on any atom is -0.479 e. The van der Waals surface area contributed by atoms with Crippen LogP contribution in [-0.4, -0.2) is 16.2 Å². The number of aliphatic hydroxyl groups is 1. The Morgan fingerprint density at radius 1 is 1.06 bits per heavy atom. The molecule has 0 aliphatic rings. The van der Waals surface area contributed by atoms with Gasteiger partial charge >= 0.3 is 5.97 Å². The Labute approximate surface area is 103 Å². The number of rotatable bonds is 3. The van der Waals surface area contributed by atoms with Crippen molar-refractivity contribution in [3.8, 4) is 11.1 Å². The lowest BCUT2D eigenvalue weighted by Gasteiger charge is -2.07. The van der Waals surface area contributed by atoms with E-state index in [0.29, 0.717) is 11.1 Å². The van der Waals surface area contributed by atoms with Crippen molar-refractivity contribution >= 4 is 5.97 Å². The van der Waals surface area contributed by atoms with Crippen molar-refractivity contribution in [2.75, 3.05) is 0 Å². The lowest BCUT2D eigenvalue weighted by Crippen LogP contribution is -2.10. The van der Waals surface area contributed by atoms with E-state index >= 15 is 0 Å². The van der Waals surface area contributed by atoms with Gasteiger partial charge in [0, 0.05) is 0 Å². The van der Waals surface area contributed by atoms with Crippen molar-refractivity contribution < 1.29 is 19.4 Å². The number of aliphatic hydroxyl groups excluding tert-OH is 1. The minimum absolute atomic E-state index is 0.294. The first-order chi connectivity index (χ1) is 8.58. The van der Waals surface area contributed by atoms with Gasteiger partial charge in [0.15, 0.2) is 6.10 Å². The molecule has 0 fully saturated rings. The molecule has 0 aliphatic carbocycles. The fourth-order valence-corrected chi connectivity index (χ4v) is 1.67. The molecule has 0 radical (unpaired) electrons. The zero-order chi connectivity index (χ0) is 13.1. The molecule has 4 heteroatoms. The van der Waals surface area contributed by atoms with Crippen LogP contribution < -0.4 is 0 Å². The van der Waals surface area contributed by atoms with E-state index in [1.807, 2.05) is 0 Å². The van der Waals surface area contributed by atoms with Gasteiger partial charge in [-0.05, 0) is 28.8 Å². The van der Waals surface area contributed by atoms with Crippen LogP contribution in [0.4, 0.5) is 4.39 Å². The molecule has 0 aromatic heterocycles. The van der Waals surface area contributed by atoms with Crippen molar-refractivity contribution in [3.63, 3.8) is 0 Å². The van der Waals surface area contributed by atoms with E-state index < -0.39 is 12.1 Å². The molecule has 2 aromatic carbocycles. The number of hydrogen-bond donors (Lipinski definition) is 2. The van der Waals surface area contributed by atoms with Gasteiger partial charge in [0.05, 0.1) is 0 Å². The standard InChI is InChI=1S/C14H11FO3/c15-12-3-1-2-11(8-12)9-4-6-10(7-5-9)13(16)14(17)18/h1-8,13,16H,(H,17,18). The van der Waals surface area contributed by atoms with Crippen LogP contribution in [0.15, 0.2) is 48.5 Å². The van der Waals surface area contributed by atoms with E-state index in [4.69, 9.17) is 5.11 Å². The molecule has 1 atom stereocenters. The van der Waals surface area contributed by atoms with Gasteiger partial charge in [-0.25, -0.2) is 9.18 Å². The number of hydrogen-bond acceptors (Lipinski definition) is 2. The van der Waals surface area contributed by atoms with Gasteiger partial charge in [-0.2, -0.15) is 0 Å². The molecule has 0 aliphatic heterocycles. The maximum Gasteiger partial charge on any atom is 0.337 e. The second-order valence-corrected chi connectivity index (χ2v) is 3.87. The second kappa shape index (κ2) is 4.98. The quantitative estimate of drug-likeness (QED) is 0.875. The largest absolute Gasteiger partial charge is 0.479 e. The molecule has 18 heavy (non-hydrogen) atoms. The molecular formula is C14H11FO3. The molecule has 92 valence electrons. The zero-order valence-corrected chi connectivity index (χ0v) is 9.38. The predicted molar refractivity (Wildman–Crippen MR) is 64.4 cm³/mol. The number of aliphatic carboxylic acids is 1. The molecule has 0 heterocycles. The molecule has 2 rings (SSSR count). The molecule has 0 amide bonds. The Kier molecular flexibility index (Phi) is 3.39. The molecule has 0 saturated heterocycles. The van der Waals surface area contributed by atoms with Crippen molar-refractivity contribution in [1.82, 2.24) is 0 Å². The average molecular weight is 246 g/mol. The van der Waals surface area contributed by atoms with Gasteiger partial charge in [-0.15, -0.1) is 0 Å². The highest BCUT2D eigenvalue weighted by molar-refractivity contribution is 5.74. The number of halogens is 1. The first-order valence-electron chi connectivity index (χ1n) is 5.34. The maximum atomic E-state index is 13.0. The topological polar surface area (TPSA) is 57.5 Å². The summed E-state index contributed by atoms with van der Waals surface area (Å²) in [6.45, 7) is 0. The number of carboxylic acid groups (broad SMARTS) is 1. The molecule has 2 aromatic rings. The van der Waals surface area contributed by atoms with Gasteiger partial charge in [-0.1, -0.05) is 36.4 Å². The molecule has 2 N–H and O–H groups in total. The third-order valence-corrected chi connectivity index (χ3v) is 2.62. The average Bonchev–Trinajstić information content (AvgIpc) is 2.38. The van der Waals surface area contributed by atoms with Gasteiger partial charge in [0.1, 0.15) is 5.82 Å². The van der Waals surface area contributed by atoms with Crippen LogP contribution in [0.1, 0.15) is 11.7 Å². The second-order valence-electron chi connectivity index (χ2n) is 3.87. The summed E-state index contributed by atoms with van der Waals surface area (Å²) in [4.78, 5) is 10.6. The van der Waals surface area contributed by atoms with Crippen LogP contribution >= 0.6 is 0 Å². The van der Waals surface area contributed by atoms with Crippen LogP contribution in [0.3, 0.4) is 0 Å². The normalized spacial score (nSPS) is 12.1. The smallest absolute Gasteiger partial charge is 0.337 e. The molecular weight excluding hydrogens is 235 g/mol. The van der Waals surface area contributed by atoms with Crippen LogP contribution in [0.25, 0.3) is 11.1 Å². The van der Waals surface area contributed by atoms with E-state index in [9.17, 15) is 14.3 Å². The summed E-state index contributed by atoms with van der Waals surface area (Å²) in [5, 5.41) is 18.0. The fourth-order valence-electron chi connectivity index (χ4n) is 1.67. The highest BCUT2D eigenvalue weighted by atomic mass is 19.1. The highest BCUT2D eigenvalue weighted by Gasteiger charge is 2.15. The summed E-state index contributed by atoms with van der Waals surface area (Å²) in [6, 6.07) is 12.4. The van der Waals surface area contributed by atoms with E-state index in [-0.39, 0.29) is 5.82 Å². The number of carbonyl (C=O) groups is 1. The first kappa shape index (κ1) is 12.3. The van der Waals surface area contributed by atoms with Crippen LogP contribution in [0.2, 0.25) is 0 Å². The fraction of sp³-hybridized carbons (Fsp3) is 0.0714. The third kappa shape index (κ3) is 2.55. The van der Waals surface area contributed by atoms with Crippen LogP contribution in [0, 0.1) is 5.82 Å². The van der Waals surface area contributed by atoms with E-state index in [1.54, 1.807) is 24.3 Å². The summed E-state index contributed by atoms with van der Waals surface area (Å²) in [6.07, 6.45) is -1.54. The van der Waals surface area contributed by atoms with Gasteiger partial charge in [0.2, 0.25) is 0 Å². The molecule has 1 unspecified atom stereocenters. The molecule has 0 saturated carbocycles. The monoisotopic (exact) mass is 246 g/mol. The lowest BCUT2D eigenvalue weighted by atomic mass is 10.0. The van der Waals surface area contributed by atoms with Crippen molar-refractivity contribution in [3.05, 3.63) is 59.9 Å². The van der Waals surface area contributed by atoms with Crippen molar-refractivity contribution in [2.24, 2.45) is 0 Å². The molecule has 0 spiro atoms. The predicted octanol–water partition coefficient (Wildman–Crippen LogP) is 2.61. The van der Waals surface area contributed by atoms with Gasteiger partial charge in [-0.3, -0.25) is 0 Å². The Morgan fingerprint density at radius 2 is 1.72 bits per heavy atom. The Morgan fingerprint density at radius 3 is 2.28 bits per heavy atom. The van der Waals surface area contributed by atoms with E-state index in [0.717, 1.165) is 5.56 Å². The Bertz CT molecular complexity index is 564. The van der Waals surface area contributed by atoms with Crippen LogP contribution in [0.5, 0.6) is 0 Å². The lowest BCUT2D eigenvalue weighted by molar-refractivity contribution is -0.146. The van der Waals surface area contributed by atoms with Gasteiger partial charge < -0.3 is 10.2 Å². The maximum absolute atomic E-state index is 13.0. The van der Waals surface area contributed by atoms with Crippen molar-refractivity contribution in [2.45, 2.75) is 6.10 Å². The van der Waals surface area contributed by atoms with E-state index in [2.05, 4.69) is 0 Å². The van der Waals surface area contributed by atoms with Crippen LogP contribution in [-0.2, 0) is 4.79 Å². The highest BCUT2D eigenvalue weighted by Crippen LogP contribution is 2.22. The Hall–Kier alpha value is -2.20. The molecule has 0 bridgehead atoms. The first-order valence-corrected chi connectivity index (χ1v) is 5.34. The molecule has 3 nitrogen and oxygen atoms in total. The SMILES string of the molecule is O=C(O)C(O)c1ccc(-c2cccc(F)c2)cc1. The summed E-state index contributed by atoms with van der Waals surface area (Å²) in [7, 11) is 0. The minimum atomic E-state index is -1.54. The third-order valence-electron chi connectivity index (χ3n) is 2.62. The van der Waals surface area contributed by atoms with Gasteiger partial charge in [0.25, 0.3) is 0 Å². The summed E-state index contributed by atoms with van der Waals surface area (Å²) in [5.41, 5.74) is 1.75. The summed E-state index contributed by atoms with van der Waals surface area (Å²) < 4.78 is 13.0. The zero-order valence-electron chi connectivity index (χ0n) is 9.38. The Balaban J connectivity index is 2.30.